The highest BCUT2D eigenvalue weighted by Gasteiger charge is 2.17. The molecule has 1 unspecified atom stereocenters. The first-order valence-electron chi connectivity index (χ1n) is 5.74. The lowest BCUT2D eigenvalue weighted by molar-refractivity contribution is -0.0636. The van der Waals surface area contributed by atoms with Crippen molar-refractivity contribution in [3.63, 3.8) is 0 Å². The standard InChI is InChI=1S/C13H17BrO2/c1-10(11-2-4-12(14)5-3-11)16-13-6-8-15-9-7-13/h2-5,10,13H,6-9H2,1H3. The molecule has 1 atom stereocenters. The smallest absolute Gasteiger partial charge is 0.0800 e. The molecule has 1 saturated heterocycles. The van der Waals surface area contributed by atoms with Crippen LogP contribution in [0, 0.1) is 0 Å². The van der Waals surface area contributed by atoms with Gasteiger partial charge in [-0.2, -0.15) is 0 Å². The Morgan fingerprint density at radius 3 is 2.50 bits per heavy atom. The van der Waals surface area contributed by atoms with Gasteiger partial charge in [0.25, 0.3) is 0 Å². The first-order valence-corrected chi connectivity index (χ1v) is 6.53. The van der Waals surface area contributed by atoms with Gasteiger partial charge < -0.3 is 9.47 Å². The molecule has 1 heterocycles. The molecule has 16 heavy (non-hydrogen) atoms. The summed E-state index contributed by atoms with van der Waals surface area (Å²) in [4.78, 5) is 0. The van der Waals surface area contributed by atoms with Crippen LogP contribution < -0.4 is 0 Å². The fourth-order valence-electron chi connectivity index (χ4n) is 1.91. The second-order valence-electron chi connectivity index (χ2n) is 4.14. The molecule has 0 spiro atoms. The third kappa shape index (κ3) is 3.30. The van der Waals surface area contributed by atoms with Crippen molar-refractivity contribution in [2.45, 2.75) is 32.0 Å². The number of benzene rings is 1. The lowest BCUT2D eigenvalue weighted by Crippen LogP contribution is -2.24. The summed E-state index contributed by atoms with van der Waals surface area (Å²) < 4.78 is 12.4. The van der Waals surface area contributed by atoms with Crippen LogP contribution in [-0.2, 0) is 9.47 Å². The highest BCUT2D eigenvalue weighted by atomic mass is 79.9. The van der Waals surface area contributed by atoms with E-state index in [4.69, 9.17) is 9.47 Å². The number of halogens is 1. The molecule has 1 aromatic carbocycles. The number of ether oxygens (including phenoxy) is 2. The fourth-order valence-corrected chi connectivity index (χ4v) is 2.18. The van der Waals surface area contributed by atoms with Crippen molar-refractivity contribution in [3.05, 3.63) is 34.3 Å². The minimum Gasteiger partial charge on any atom is -0.381 e. The molecule has 0 radical (unpaired) electrons. The monoisotopic (exact) mass is 284 g/mol. The molecule has 2 rings (SSSR count). The van der Waals surface area contributed by atoms with Crippen molar-refractivity contribution >= 4 is 15.9 Å². The van der Waals surface area contributed by atoms with Crippen molar-refractivity contribution in [1.82, 2.24) is 0 Å². The maximum atomic E-state index is 6.02. The zero-order valence-electron chi connectivity index (χ0n) is 9.49. The van der Waals surface area contributed by atoms with Crippen LogP contribution in [0.15, 0.2) is 28.7 Å². The van der Waals surface area contributed by atoms with Gasteiger partial charge in [0.05, 0.1) is 12.2 Å². The van der Waals surface area contributed by atoms with E-state index < -0.39 is 0 Å². The molecule has 88 valence electrons. The molecule has 1 aromatic rings. The van der Waals surface area contributed by atoms with E-state index in [1.807, 2.05) is 0 Å². The first kappa shape index (κ1) is 12.1. The van der Waals surface area contributed by atoms with Gasteiger partial charge >= 0.3 is 0 Å². The third-order valence-electron chi connectivity index (χ3n) is 2.90. The third-order valence-corrected chi connectivity index (χ3v) is 3.43. The Bertz CT molecular complexity index is 317. The minimum atomic E-state index is 0.163. The highest BCUT2D eigenvalue weighted by Crippen LogP contribution is 2.23. The van der Waals surface area contributed by atoms with Gasteiger partial charge in [0.1, 0.15) is 0 Å². The summed E-state index contributed by atoms with van der Waals surface area (Å²) in [5.74, 6) is 0. The highest BCUT2D eigenvalue weighted by molar-refractivity contribution is 9.10. The molecule has 0 aromatic heterocycles. The summed E-state index contributed by atoms with van der Waals surface area (Å²) in [7, 11) is 0. The van der Waals surface area contributed by atoms with E-state index in [2.05, 4.69) is 47.1 Å². The molecule has 1 aliphatic rings. The van der Waals surface area contributed by atoms with Crippen molar-refractivity contribution < 1.29 is 9.47 Å². The van der Waals surface area contributed by atoms with Crippen LogP contribution in [0.3, 0.4) is 0 Å². The Morgan fingerprint density at radius 2 is 1.88 bits per heavy atom. The Balaban J connectivity index is 1.91. The van der Waals surface area contributed by atoms with Gasteiger partial charge in [0, 0.05) is 17.7 Å². The fraction of sp³-hybridized carbons (Fsp3) is 0.538. The second kappa shape index (κ2) is 5.80. The molecule has 0 bridgehead atoms. The maximum absolute atomic E-state index is 6.02. The Hall–Kier alpha value is -0.380. The van der Waals surface area contributed by atoms with Crippen LogP contribution in [0.1, 0.15) is 31.4 Å². The lowest BCUT2D eigenvalue weighted by atomic mass is 10.1. The van der Waals surface area contributed by atoms with Crippen LogP contribution in [-0.4, -0.2) is 19.3 Å². The van der Waals surface area contributed by atoms with E-state index >= 15 is 0 Å². The Labute approximate surface area is 105 Å². The van der Waals surface area contributed by atoms with Crippen molar-refractivity contribution in [3.8, 4) is 0 Å². The average molecular weight is 285 g/mol. The van der Waals surface area contributed by atoms with Crippen molar-refractivity contribution in [1.29, 1.82) is 0 Å². The van der Waals surface area contributed by atoms with E-state index in [9.17, 15) is 0 Å². The molecule has 0 saturated carbocycles. The normalized spacial score (nSPS) is 19.6. The molecule has 0 aliphatic carbocycles. The predicted molar refractivity (Wildman–Crippen MR) is 67.5 cm³/mol. The molecule has 1 fully saturated rings. The molecule has 0 amide bonds. The maximum Gasteiger partial charge on any atom is 0.0800 e. The van der Waals surface area contributed by atoms with Crippen LogP contribution in [0.4, 0.5) is 0 Å². The van der Waals surface area contributed by atoms with Gasteiger partial charge in [-0.05, 0) is 37.5 Å². The van der Waals surface area contributed by atoms with Gasteiger partial charge in [-0.3, -0.25) is 0 Å². The van der Waals surface area contributed by atoms with Crippen LogP contribution >= 0.6 is 15.9 Å². The second-order valence-corrected chi connectivity index (χ2v) is 5.06. The predicted octanol–water partition coefficient (Wildman–Crippen LogP) is 3.71. The van der Waals surface area contributed by atoms with Crippen molar-refractivity contribution in [2.75, 3.05) is 13.2 Å². The van der Waals surface area contributed by atoms with Crippen LogP contribution in [0.25, 0.3) is 0 Å². The van der Waals surface area contributed by atoms with Gasteiger partial charge in [0.2, 0.25) is 0 Å². The van der Waals surface area contributed by atoms with E-state index in [0.29, 0.717) is 6.10 Å². The van der Waals surface area contributed by atoms with Gasteiger partial charge in [-0.1, -0.05) is 28.1 Å². The summed E-state index contributed by atoms with van der Waals surface area (Å²) >= 11 is 3.44. The van der Waals surface area contributed by atoms with E-state index in [1.165, 1.54) is 5.56 Å². The first-order chi connectivity index (χ1) is 7.75. The van der Waals surface area contributed by atoms with Gasteiger partial charge in [-0.25, -0.2) is 0 Å². The lowest BCUT2D eigenvalue weighted by Gasteiger charge is -2.26. The van der Waals surface area contributed by atoms with Crippen molar-refractivity contribution in [2.24, 2.45) is 0 Å². The number of hydrogen-bond donors (Lipinski definition) is 0. The molecule has 3 heteroatoms. The number of hydrogen-bond acceptors (Lipinski definition) is 2. The van der Waals surface area contributed by atoms with E-state index in [-0.39, 0.29) is 6.10 Å². The summed E-state index contributed by atoms with van der Waals surface area (Å²) in [5, 5.41) is 0. The quantitative estimate of drug-likeness (QED) is 0.843. The molecule has 2 nitrogen and oxygen atoms in total. The van der Waals surface area contributed by atoms with E-state index in [1.54, 1.807) is 0 Å². The topological polar surface area (TPSA) is 18.5 Å². The van der Waals surface area contributed by atoms with Gasteiger partial charge in [0.15, 0.2) is 0 Å². The van der Waals surface area contributed by atoms with Crippen LogP contribution in [0.5, 0.6) is 0 Å². The molecule has 1 aliphatic heterocycles. The molecule has 0 N–H and O–H groups in total. The SMILES string of the molecule is CC(OC1CCOCC1)c1ccc(Br)cc1. The Kier molecular flexibility index (Phi) is 4.38. The summed E-state index contributed by atoms with van der Waals surface area (Å²) in [6, 6.07) is 8.32. The minimum absolute atomic E-state index is 0.163. The summed E-state index contributed by atoms with van der Waals surface area (Å²) in [6.45, 7) is 3.77. The average Bonchev–Trinajstić information content (AvgIpc) is 2.31. The number of rotatable bonds is 3. The largest absolute Gasteiger partial charge is 0.381 e. The molecular weight excluding hydrogens is 268 g/mol. The molecular formula is C13H17BrO2. The zero-order chi connectivity index (χ0) is 11.4. The Morgan fingerprint density at radius 1 is 1.25 bits per heavy atom. The van der Waals surface area contributed by atoms with Crippen LogP contribution in [0.2, 0.25) is 0 Å². The van der Waals surface area contributed by atoms with E-state index in [0.717, 1.165) is 30.5 Å². The zero-order valence-corrected chi connectivity index (χ0v) is 11.1. The van der Waals surface area contributed by atoms with Gasteiger partial charge in [-0.15, -0.1) is 0 Å². The summed E-state index contributed by atoms with van der Waals surface area (Å²) in [6.07, 6.45) is 2.55. The summed E-state index contributed by atoms with van der Waals surface area (Å²) in [5.41, 5.74) is 1.23.